The molecule has 2 N–H and O–H groups in total. The third kappa shape index (κ3) is 2.74. The van der Waals surface area contributed by atoms with Crippen molar-refractivity contribution in [2.75, 3.05) is 0 Å². The van der Waals surface area contributed by atoms with Gasteiger partial charge in [-0.2, -0.15) is 0 Å². The van der Waals surface area contributed by atoms with Gasteiger partial charge in [-0.1, -0.05) is 12.2 Å². The Labute approximate surface area is 97.7 Å². The number of rotatable bonds is 3. The van der Waals surface area contributed by atoms with Crippen molar-refractivity contribution >= 4 is 0 Å². The Balaban J connectivity index is 2.00. The number of aliphatic hydroxyl groups excluding tert-OH is 2. The zero-order valence-corrected chi connectivity index (χ0v) is 9.86. The molecule has 2 rings (SSSR count). The van der Waals surface area contributed by atoms with E-state index in [0.717, 1.165) is 49.7 Å². The lowest BCUT2D eigenvalue weighted by Crippen LogP contribution is -2.31. The Morgan fingerprint density at radius 1 is 0.750 bits per heavy atom. The normalized spacial score (nSPS) is 25.6. The molecule has 2 aliphatic rings. The van der Waals surface area contributed by atoms with Gasteiger partial charge in [-0.3, -0.25) is 0 Å². The van der Waals surface area contributed by atoms with Crippen LogP contribution in [0.15, 0.2) is 23.3 Å². The average molecular weight is 222 g/mol. The molecule has 0 saturated heterocycles. The first kappa shape index (κ1) is 11.9. The molecule has 0 saturated carbocycles. The standard InChI is InChI=1S/C14H22O2/c15-13(11-7-3-1-4-8-11)14(16)12-9-5-2-6-10-12/h7,9,13-16H,1-6,8,10H2. The SMILES string of the molecule is OC(C1=CCCCC1)C(O)C1=CCCCC1. The summed E-state index contributed by atoms with van der Waals surface area (Å²) in [4.78, 5) is 0. The van der Waals surface area contributed by atoms with Gasteiger partial charge in [-0.05, 0) is 62.5 Å². The first-order chi connectivity index (χ1) is 7.79. The molecule has 90 valence electrons. The van der Waals surface area contributed by atoms with Gasteiger partial charge in [0.25, 0.3) is 0 Å². The molecule has 0 aromatic carbocycles. The van der Waals surface area contributed by atoms with Crippen molar-refractivity contribution in [1.82, 2.24) is 0 Å². The third-order valence-corrected chi connectivity index (χ3v) is 3.71. The summed E-state index contributed by atoms with van der Waals surface area (Å²) in [6, 6.07) is 0. The quantitative estimate of drug-likeness (QED) is 0.721. The fourth-order valence-electron chi connectivity index (χ4n) is 2.67. The second-order valence-corrected chi connectivity index (χ2v) is 4.94. The molecule has 2 atom stereocenters. The van der Waals surface area contributed by atoms with Crippen LogP contribution in [-0.2, 0) is 0 Å². The van der Waals surface area contributed by atoms with Crippen LogP contribution in [-0.4, -0.2) is 22.4 Å². The number of hydrogen-bond donors (Lipinski definition) is 2. The lowest BCUT2D eigenvalue weighted by molar-refractivity contribution is 0.0594. The molecule has 16 heavy (non-hydrogen) atoms. The molecular formula is C14H22O2. The first-order valence-corrected chi connectivity index (χ1v) is 6.53. The van der Waals surface area contributed by atoms with E-state index in [-0.39, 0.29) is 0 Å². The minimum atomic E-state index is -0.662. The van der Waals surface area contributed by atoms with Gasteiger partial charge in [0, 0.05) is 0 Å². The van der Waals surface area contributed by atoms with Gasteiger partial charge < -0.3 is 10.2 Å². The maximum absolute atomic E-state index is 10.1. The molecule has 2 heteroatoms. The molecule has 2 nitrogen and oxygen atoms in total. The Morgan fingerprint density at radius 3 is 1.50 bits per heavy atom. The van der Waals surface area contributed by atoms with Gasteiger partial charge in [-0.15, -0.1) is 0 Å². The maximum atomic E-state index is 10.1. The highest BCUT2D eigenvalue weighted by atomic mass is 16.3. The van der Waals surface area contributed by atoms with Crippen molar-refractivity contribution < 1.29 is 10.2 Å². The minimum Gasteiger partial charge on any atom is -0.386 e. The summed E-state index contributed by atoms with van der Waals surface area (Å²) in [5.41, 5.74) is 2.09. The van der Waals surface area contributed by atoms with Crippen LogP contribution in [0.2, 0.25) is 0 Å². The van der Waals surface area contributed by atoms with Gasteiger partial charge in [-0.25, -0.2) is 0 Å². The molecule has 0 radical (unpaired) electrons. The Kier molecular flexibility index (Phi) is 4.19. The predicted octanol–water partition coefficient (Wildman–Crippen LogP) is 2.71. The molecule has 2 aliphatic carbocycles. The molecular weight excluding hydrogens is 200 g/mol. The number of aliphatic hydroxyl groups is 2. The summed E-state index contributed by atoms with van der Waals surface area (Å²) in [6.45, 7) is 0. The zero-order valence-electron chi connectivity index (χ0n) is 9.86. The Morgan fingerprint density at radius 2 is 1.19 bits per heavy atom. The lowest BCUT2D eigenvalue weighted by Gasteiger charge is -2.26. The molecule has 0 amide bonds. The third-order valence-electron chi connectivity index (χ3n) is 3.71. The van der Waals surface area contributed by atoms with E-state index in [9.17, 15) is 10.2 Å². The monoisotopic (exact) mass is 222 g/mol. The van der Waals surface area contributed by atoms with E-state index in [1.165, 1.54) is 12.8 Å². The van der Waals surface area contributed by atoms with Crippen LogP contribution in [0.3, 0.4) is 0 Å². The average Bonchev–Trinajstić information content (AvgIpc) is 2.39. The van der Waals surface area contributed by atoms with E-state index in [1.54, 1.807) is 0 Å². The van der Waals surface area contributed by atoms with Crippen LogP contribution >= 0.6 is 0 Å². The highest BCUT2D eigenvalue weighted by molar-refractivity contribution is 5.21. The summed E-state index contributed by atoms with van der Waals surface area (Å²) in [5, 5.41) is 20.3. The smallest absolute Gasteiger partial charge is 0.105 e. The van der Waals surface area contributed by atoms with Crippen LogP contribution < -0.4 is 0 Å². The van der Waals surface area contributed by atoms with Crippen LogP contribution in [0.1, 0.15) is 51.4 Å². The summed E-state index contributed by atoms with van der Waals surface area (Å²) >= 11 is 0. The number of allylic oxidation sites excluding steroid dienone is 2. The zero-order chi connectivity index (χ0) is 11.4. The van der Waals surface area contributed by atoms with Crippen LogP contribution in [0, 0.1) is 0 Å². The predicted molar refractivity (Wildman–Crippen MR) is 65.1 cm³/mol. The van der Waals surface area contributed by atoms with Gasteiger partial charge in [0.15, 0.2) is 0 Å². The molecule has 0 spiro atoms. The van der Waals surface area contributed by atoms with E-state index in [2.05, 4.69) is 12.2 Å². The maximum Gasteiger partial charge on any atom is 0.105 e. The second-order valence-electron chi connectivity index (χ2n) is 4.94. The minimum absolute atomic E-state index is 0.662. The summed E-state index contributed by atoms with van der Waals surface area (Å²) < 4.78 is 0. The van der Waals surface area contributed by atoms with E-state index < -0.39 is 12.2 Å². The molecule has 0 aromatic heterocycles. The fourth-order valence-corrected chi connectivity index (χ4v) is 2.67. The summed E-state index contributed by atoms with van der Waals surface area (Å²) in [5.74, 6) is 0. The second kappa shape index (κ2) is 5.65. The fraction of sp³-hybridized carbons (Fsp3) is 0.714. The van der Waals surface area contributed by atoms with Crippen molar-refractivity contribution in [1.29, 1.82) is 0 Å². The van der Waals surface area contributed by atoms with Crippen molar-refractivity contribution in [3.05, 3.63) is 23.3 Å². The summed E-state index contributed by atoms with van der Waals surface area (Å²) in [6.07, 6.45) is 11.6. The lowest BCUT2D eigenvalue weighted by atomic mass is 9.87. The molecule has 0 aliphatic heterocycles. The molecule has 2 unspecified atom stereocenters. The highest BCUT2D eigenvalue weighted by Crippen LogP contribution is 2.27. The van der Waals surface area contributed by atoms with E-state index in [1.807, 2.05) is 0 Å². The Bertz CT molecular complexity index is 261. The molecule has 0 fully saturated rings. The van der Waals surface area contributed by atoms with Gasteiger partial charge in [0.1, 0.15) is 12.2 Å². The van der Waals surface area contributed by atoms with Crippen LogP contribution in [0.25, 0.3) is 0 Å². The topological polar surface area (TPSA) is 40.5 Å². The van der Waals surface area contributed by atoms with E-state index in [4.69, 9.17) is 0 Å². The molecule has 0 heterocycles. The van der Waals surface area contributed by atoms with Crippen LogP contribution in [0.4, 0.5) is 0 Å². The van der Waals surface area contributed by atoms with Gasteiger partial charge in [0.05, 0.1) is 0 Å². The largest absolute Gasteiger partial charge is 0.386 e. The van der Waals surface area contributed by atoms with E-state index in [0.29, 0.717) is 0 Å². The van der Waals surface area contributed by atoms with E-state index >= 15 is 0 Å². The van der Waals surface area contributed by atoms with Gasteiger partial charge in [0.2, 0.25) is 0 Å². The summed E-state index contributed by atoms with van der Waals surface area (Å²) in [7, 11) is 0. The van der Waals surface area contributed by atoms with Crippen LogP contribution in [0.5, 0.6) is 0 Å². The Hall–Kier alpha value is -0.600. The van der Waals surface area contributed by atoms with Crippen molar-refractivity contribution in [3.8, 4) is 0 Å². The van der Waals surface area contributed by atoms with Gasteiger partial charge >= 0.3 is 0 Å². The number of hydrogen-bond acceptors (Lipinski definition) is 2. The van der Waals surface area contributed by atoms with Crippen molar-refractivity contribution in [2.45, 2.75) is 63.6 Å². The molecule has 0 bridgehead atoms. The molecule has 0 aromatic rings. The van der Waals surface area contributed by atoms with Crippen molar-refractivity contribution in [3.63, 3.8) is 0 Å². The van der Waals surface area contributed by atoms with Crippen molar-refractivity contribution in [2.24, 2.45) is 0 Å². The first-order valence-electron chi connectivity index (χ1n) is 6.53. The highest BCUT2D eigenvalue weighted by Gasteiger charge is 2.25.